The number of carbonyl (C=O) groups is 2. The molecule has 2 aromatic carbocycles. The van der Waals surface area contributed by atoms with Crippen LogP contribution in [0.2, 0.25) is 0 Å². The Hall–Kier alpha value is -3.65. The van der Waals surface area contributed by atoms with Crippen LogP contribution in [0.3, 0.4) is 0 Å². The fraction of sp³-hybridized carbons (Fsp3) is 0.261. The molecule has 8 nitrogen and oxygen atoms in total. The zero-order valence-electron chi connectivity index (χ0n) is 17.9. The average molecular weight is 422 g/mol. The van der Waals surface area contributed by atoms with Crippen LogP contribution in [0.15, 0.2) is 54.9 Å². The number of methoxy groups -OCH3 is 1. The largest absolute Gasteiger partial charge is 0.497 e. The van der Waals surface area contributed by atoms with Crippen molar-refractivity contribution in [2.45, 2.75) is 25.8 Å². The predicted molar refractivity (Wildman–Crippen MR) is 118 cm³/mol. The van der Waals surface area contributed by atoms with Gasteiger partial charge in [-0.3, -0.25) is 19.7 Å². The normalized spacial score (nSPS) is 11.6. The van der Waals surface area contributed by atoms with E-state index in [4.69, 9.17) is 10.6 Å². The van der Waals surface area contributed by atoms with Crippen molar-refractivity contribution in [1.82, 2.24) is 20.5 Å². The van der Waals surface area contributed by atoms with Gasteiger partial charge in [-0.25, -0.2) is 5.84 Å². The molecule has 0 aliphatic rings. The second kappa shape index (κ2) is 9.90. The van der Waals surface area contributed by atoms with E-state index in [2.05, 4.69) is 15.8 Å². The predicted octanol–water partition coefficient (Wildman–Crippen LogP) is 2.51. The third kappa shape index (κ3) is 5.49. The van der Waals surface area contributed by atoms with E-state index in [1.807, 2.05) is 50.5 Å². The third-order valence-electron chi connectivity index (χ3n) is 5.09. The number of nitrogens with two attached hydrogens (primary N) is 1. The van der Waals surface area contributed by atoms with Gasteiger partial charge in [-0.1, -0.05) is 18.2 Å². The summed E-state index contributed by atoms with van der Waals surface area (Å²) >= 11 is 0. The summed E-state index contributed by atoms with van der Waals surface area (Å²) in [6.07, 6.45) is 4.34. The molecule has 1 unspecified atom stereocenters. The summed E-state index contributed by atoms with van der Waals surface area (Å²) in [6, 6.07) is 12.8. The minimum Gasteiger partial charge on any atom is -0.497 e. The smallest absolute Gasteiger partial charge is 0.252 e. The van der Waals surface area contributed by atoms with Crippen LogP contribution < -0.4 is 21.3 Å². The van der Waals surface area contributed by atoms with E-state index in [9.17, 15) is 9.59 Å². The third-order valence-corrected chi connectivity index (χ3v) is 5.09. The van der Waals surface area contributed by atoms with Gasteiger partial charge in [-0.15, -0.1) is 0 Å². The van der Waals surface area contributed by atoms with Crippen LogP contribution in [0.1, 0.15) is 40.9 Å². The number of aromatic nitrogens is 2. The molecule has 0 bridgehead atoms. The summed E-state index contributed by atoms with van der Waals surface area (Å²) in [4.78, 5) is 24.5. The molecule has 3 rings (SSSR count). The molecule has 3 aromatic rings. The molecule has 1 heterocycles. The Kier molecular flexibility index (Phi) is 7.04. The van der Waals surface area contributed by atoms with Crippen LogP contribution in [0.5, 0.6) is 5.75 Å². The van der Waals surface area contributed by atoms with Gasteiger partial charge in [0.1, 0.15) is 5.75 Å². The van der Waals surface area contributed by atoms with E-state index in [1.165, 1.54) is 0 Å². The Balaban J connectivity index is 1.81. The summed E-state index contributed by atoms with van der Waals surface area (Å²) in [5.41, 5.74) is 6.26. The van der Waals surface area contributed by atoms with Gasteiger partial charge in [-0.05, 0) is 54.3 Å². The Morgan fingerprint density at radius 1 is 1.19 bits per heavy atom. The quantitative estimate of drug-likeness (QED) is 0.294. The Morgan fingerprint density at radius 3 is 2.65 bits per heavy atom. The van der Waals surface area contributed by atoms with Crippen molar-refractivity contribution in [2.75, 3.05) is 7.11 Å². The summed E-state index contributed by atoms with van der Waals surface area (Å²) in [6.45, 7) is 1.92. The van der Waals surface area contributed by atoms with Gasteiger partial charge in [0.05, 0.1) is 19.3 Å². The summed E-state index contributed by atoms with van der Waals surface area (Å²) < 4.78 is 7.20. The Morgan fingerprint density at radius 2 is 1.97 bits per heavy atom. The van der Waals surface area contributed by atoms with Gasteiger partial charge in [0, 0.05) is 30.8 Å². The second-order valence-corrected chi connectivity index (χ2v) is 7.32. The van der Waals surface area contributed by atoms with Gasteiger partial charge in [0.25, 0.3) is 5.91 Å². The van der Waals surface area contributed by atoms with Crippen LogP contribution in [0.4, 0.5) is 0 Å². The maximum Gasteiger partial charge on any atom is 0.252 e. The minimum absolute atomic E-state index is 0.206. The standard InChI is InChI=1S/C23H27N5O3/c1-15(17-10-18(12-20(11-17)31-3)19-13-25-28(2)14-19)26-23(30)21-7-5-4-6-16(21)8-9-22(29)27-24/h4-7,10-15H,8-9,24H2,1-3H3,(H,26,30)(H,27,29). The lowest BCUT2D eigenvalue weighted by atomic mass is 9.99. The van der Waals surface area contributed by atoms with Crippen molar-refractivity contribution >= 4 is 11.8 Å². The van der Waals surface area contributed by atoms with E-state index in [0.29, 0.717) is 17.7 Å². The molecule has 0 saturated heterocycles. The van der Waals surface area contributed by atoms with Crippen LogP contribution >= 0.6 is 0 Å². The molecular formula is C23H27N5O3. The number of amides is 2. The van der Waals surface area contributed by atoms with Gasteiger partial charge in [0.15, 0.2) is 0 Å². The molecule has 0 aliphatic carbocycles. The number of nitrogens with one attached hydrogen (secondary N) is 2. The first-order valence-corrected chi connectivity index (χ1v) is 9.97. The monoisotopic (exact) mass is 421 g/mol. The minimum atomic E-state index is -0.275. The second-order valence-electron chi connectivity index (χ2n) is 7.32. The molecule has 0 fully saturated rings. The number of aryl methyl sites for hydroxylation is 2. The van der Waals surface area contributed by atoms with Crippen molar-refractivity contribution < 1.29 is 14.3 Å². The molecule has 2 amide bonds. The number of ether oxygens (including phenoxy) is 1. The van der Waals surface area contributed by atoms with E-state index in [0.717, 1.165) is 22.3 Å². The summed E-state index contributed by atoms with van der Waals surface area (Å²) in [5, 5.41) is 7.28. The molecule has 0 saturated carbocycles. The zero-order valence-corrected chi connectivity index (χ0v) is 17.9. The van der Waals surface area contributed by atoms with Crippen molar-refractivity contribution in [3.8, 4) is 16.9 Å². The van der Waals surface area contributed by atoms with Crippen LogP contribution in [-0.4, -0.2) is 28.7 Å². The number of hydrogen-bond acceptors (Lipinski definition) is 5. The summed E-state index contributed by atoms with van der Waals surface area (Å²) in [5.74, 6) is 5.37. The van der Waals surface area contributed by atoms with E-state index < -0.39 is 0 Å². The maximum atomic E-state index is 13.0. The molecule has 0 aliphatic heterocycles. The number of rotatable bonds is 8. The highest BCUT2D eigenvalue weighted by atomic mass is 16.5. The first kappa shape index (κ1) is 22.0. The van der Waals surface area contributed by atoms with Crippen LogP contribution in [-0.2, 0) is 18.3 Å². The number of hydrazine groups is 1. The van der Waals surface area contributed by atoms with Crippen molar-refractivity contribution in [1.29, 1.82) is 0 Å². The highest BCUT2D eigenvalue weighted by Crippen LogP contribution is 2.29. The Labute approximate surface area is 181 Å². The fourth-order valence-electron chi connectivity index (χ4n) is 3.36. The van der Waals surface area contributed by atoms with Crippen molar-refractivity contribution in [3.63, 3.8) is 0 Å². The SMILES string of the molecule is COc1cc(-c2cnn(C)c2)cc(C(C)NC(=O)c2ccccc2CCC(=O)NN)c1. The Bertz CT molecular complexity index is 1080. The van der Waals surface area contributed by atoms with Gasteiger partial charge in [0.2, 0.25) is 5.91 Å². The van der Waals surface area contributed by atoms with E-state index in [1.54, 1.807) is 30.1 Å². The van der Waals surface area contributed by atoms with Crippen LogP contribution in [0.25, 0.3) is 11.1 Å². The molecule has 8 heteroatoms. The highest BCUT2D eigenvalue weighted by molar-refractivity contribution is 5.96. The van der Waals surface area contributed by atoms with Gasteiger partial charge < -0.3 is 10.1 Å². The molecule has 162 valence electrons. The molecule has 0 radical (unpaired) electrons. The fourth-order valence-corrected chi connectivity index (χ4v) is 3.36. The van der Waals surface area contributed by atoms with Gasteiger partial charge in [-0.2, -0.15) is 5.10 Å². The molecule has 1 atom stereocenters. The lowest BCUT2D eigenvalue weighted by Gasteiger charge is -2.18. The lowest BCUT2D eigenvalue weighted by Crippen LogP contribution is -2.30. The van der Waals surface area contributed by atoms with Crippen molar-refractivity contribution in [2.24, 2.45) is 12.9 Å². The number of nitrogens with zero attached hydrogens (tertiary/aromatic N) is 2. The highest BCUT2D eigenvalue weighted by Gasteiger charge is 2.17. The molecule has 4 N–H and O–H groups in total. The van der Waals surface area contributed by atoms with E-state index >= 15 is 0 Å². The number of hydrogen-bond donors (Lipinski definition) is 3. The van der Waals surface area contributed by atoms with Crippen LogP contribution in [0, 0.1) is 0 Å². The zero-order chi connectivity index (χ0) is 22.4. The molecule has 0 spiro atoms. The molecule has 31 heavy (non-hydrogen) atoms. The first-order chi connectivity index (χ1) is 14.9. The topological polar surface area (TPSA) is 111 Å². The van der Waals surface area contributed by atoms with E-state index in [-0.39, 0.29) is 24.3 Å². The van der Waals surface area contributed by atoms with Gasteiger partial charge >= 0.3 is 0 Å². The lowest BCUT2D eigenvalue weighted by molar-refractivity contribution is -0.121. The average Bonchev–Trinajstić information content (AvgIpc) is 3.23. The molecule has 1 aromatic heterocycles. The maximum absolute atomic E-state index is 13.0. The first-order valence-electron chi connectivity index (χ1n) is 9.97. The number of benzene rings is 2. The summed E-state index contributed by atoms with van der Waals surface area (Å²) in [7, 11) is 3.48. The molecular weight excluding hydrogens is 394 g/mol. The van der Waals surface area contributed by atoms with Crippen molar-refractivity contribution in [3.05, 3.63) is 71.5 Å². The number of carbonyl (C=O) groups excluding carboxylic acids is 2.